The topological polar surface area (TPSA) is 83.9 Å². The average Bonchev–Trinajstić information content (AvgIpc) is 2.70. The number of fused-ring (bicyclic) bond motifs is 1. The van der Waals surface area contributed by atoms with E-state index in [1.807, 2.05) is 23.1 Å². The zero-order valence-electron chi connectivity index (χ0n) is 15.1. The van der Waals surface area contributed by atoms with E-state index in [0.29, 0.717) is 62.0 Å². The Morgan fingerprint density at radius 1 is 1.15 bits per heavy atom. The van der Waals surface area contributed by atoms with E-state index in [9.17, 15) is 9.90 Å². The normalized spacial score (nSPS) is 18.7. The van der Waals surface area contributed by atoms with E-state index < -0.39 is 5.60 Å². The maximum atomic E-state index is 12.4. The molecular formula is C20H23N3O4. The Bertz CT molecular complexity index is 804. The number of nitrogens with one attached hydrogen (secondary N) is 1. The number of pyridine rings is 1. The smallest absolute Gasteiger partial charge is 0.238 e. The van der Waals surface area contributed by atoms with Crippen molar-refractivity contribution >= 4 is 11.6 Å². The maximum Gasteiger partial charge on any atom is 0.238 e. The highest BCUT2D eigenvalue weighted by atomic mass is 16.6. The summed E-state index contributed by atoms with van der Waals surface area (Å²) in [5.41, 5.74) is 0.473. The Morgan fingerprint density at radius 2 is 1.93 bits per heavy atom. The molecule has 1 amide bonds. The van der Waals surface area contributed by atoms with Crippen LogP contribution in [0.15, 0.2) is 42.6 Å². The lowest BCUT2D eigenvalue weighted by molar-refractivity contribution is -0.118. The van der Waals surface area contributed by atoms with Gasteiger partial charge in [0.25, 0.3) is 0 Å². The van der Waals surface area contributed by atoms with Crippen molar-refractivity contribution < 1.29 is 19.4 Å². The maximum absolute atomic E-state index is 12.4. The van der Waals surface area contributed by atoms with Crippen LogP contribution in [0.1, 0.15) is 18.5 Å². The van der Waals surface area contributed by atoms with E-state index in [2.05, 4.69) is 10.3 Å². The molecule has 27 heavy (non-hydrogen) atoms. The Kier molecular flexibility index (Phi) is 4.96. The summed E-state index contributed by atoms with van der Waals surface area (Å²) in [4.78, 5) is 18.7. The fraction of sp³-hybridized carbons (Fsp3) is 0.400. The summed E-state index contributed by atoms with van der Waals surface area (Å²) in [6.45, 7) is 2.62. The van der Waals surface area contributed by atoms with Gasteiger partial charge in [-0.3, -0.25) is 14.7 Å². The van der Waals surface area contributed by atoms with E-state index in [1.165, 1.54) is 0 Å². The molecule has 3 heterocycles. The fourth-order valence-electron chi connectivity index (χ4n) is 3.50. The number of likely N-dealkylation sites (tertiary alicyclic amines) is 1. The summed E-state index contributed by atoms with van der Waals surface area (Å²) >= 11 is 0. The molecule has 0 unspecified atom stereocenters. The third-order valence-corrected chi connectivity index (χ3v) is 5.02. The SMILES string of the molecule is O=C(CN1CCC(O)(c2ccccn2)CC1)Nc1ccc2c(c1)OCCO2. The number of anilines is 1. The quantitative estimate of drug-likeness (QED) is 0.855. The van der Waals surface area contributed by atoms with Crippen LogP contribution in [0.25, 0.3) is 0 Å². The number of carbonyl (C=O) groups is 1. The van der Waals surface area contributed by atoms with E-state index in [4.69, 9.17) is 9.47 Å². The molecule has 2 aliphatic heterocycles. The lowest BCUT2D eigenvalue weighted by Gasteiger charge is -2.37. The minimum absolute atomic E-state index is 0.0880. The van der Waals surface area contributed by atoms with Crippen LogP contribution in [0.2, 0.25) is 0 Å². The number of ether oxygens (including phenoxy) is 2. The van der Waals surface area contributed by atoms with Gasteiger partial charge in [-0.1, -0.05) is 6.07 Å². The first kappa shape index (κ1) is 17.8. The largest absolute Gasteiger partial charge is 0.486 e. The van der Waals surface area contributed by atoms with Gasteiger partial charge in [-0.25, -0.2) is 0 Å². The van der Waals surface area contributed by atoms with Crippen molar-refractivity contribution in [1.82, 2.24) is 9.88 Å². The number of amides is 1. The van der Waals surface area contributed by atoms with Gasteiger partial charge in [0.1, 0.15) is 18.8 Å². The van der Waals surface area contributed by atoms with Gasteiger partial charge in [-0.2, -0.15) is 0 Å². The Morgan fingerprint density at radius 3 is 2.67 bits per heavy atom. The van der Waals surface area contributed by atoms with Crippen molar-refractivity contribution in [3.05, 3.63) is 48.3 Å². The summed E-state index contributed by atoms with van der Waals surface area (Å²) in [5, 5.41) is 13.7. The monoisotopic (exact) mass is 369 g/mol. The second kappa shape index (κ2) is 7.54. The average molecular weight is 369 g/mol. The molecule has 142 valence electrons. The van der Waals surface area contributed by atoms with Crippen LogP contribution in [-0.2, 0) is 10.4 Å². The van der Waals surface area contributed by atoms with Crippen LogP contribution in [0.4, 0.5) is 5.69 Å². The molecule has 7 heteroatoms. The zero-order valence-corrected chi connectivity index (χ0v) is 15.1. The van der Waals surface area contributed by atoms with E-state index in [0.717, 1.165) is 0 Å². The minimum atomic E-state index is -0.913. The first-order valence-electron chi connectivity index (χ1n) is 9.18. The van der Waals surface area contributed by atoms with Gasteiger partial charge in [0.05, 0.1) is 12.2 Å². The first-order valence-corrected chi connectivity index (χ1v) is 9.18. The molecular weight excluding hydrogens is 346 g/mol. The van der Waals surface area contributed by atoms with E-state index in [-0.39, 0.29) is 12.5 Å². The number of hydrogen-bond acceptors (Lipinski definition) is 6. The van der Waals surface area contributed by atoms with Crippen LogP contribution >= 0.6 is 0 Å². The Labute approximate surface area is 157 Å². The molecule has 1 aromatic carbocycles. The highest BCUT2D eigenvalue weighted by molar-refractivity contribution is 5.92. The number of carbonyl (C=O) groups excluding carboxylic acids is 1. The number of piperidine rings is 1. The molecule has 2 aliphatic rings. The molecule has 7 nitrogen and oxygen atoms in total. The van der Waals surface area contributed by atoms with Crippen LogP contribution in [-0.4, -0.2) is 53.7 Å². The van der Waals surface area contributed by atoms with Crippen molar-refractivity contribution in [2.75, 3.05) is 38.2 Å². The predicted octanol–water partition coefficient (Wildman–Crippen LogP) is 1.77. The molecule has 1 saturated heterocycles. The van der Waals surface area contributed by atoms with E-state index >= 15 is 0 Å². The van der Waals surface area contributed by atoms with Gasteiger partial charge < -0.3 is 19.9 Å². The zero-order chi connectivity index (χ0) is 18.7. The highest BCUT2D eigenvalue weighted by Crippen LogP contribution is 2.33. The first-order chi connectivity index (χ1) is 13.1. The lowest BCUT2D eigenvalue weighted by atomic mass is 9.88. The van der Waals surface area contributed by atoms with Crippen LogP contribution in [0.3, 0.4) is 0 Å². The Hall–Kier alpha value is -2.64. The third-order valence-electron chi connectivity index (χ3n) is 5.02. The predicted molar refractivity (Wildman–Crippen MR) is 99.9 cm³/mol. The minimum Gasteiger partial charge on any atom is -0.486 e. The number of aliphatic hydroxyl groups is 1. The van der Waals surface area contributed by atoms with Gasteiger partial charge in [0.15, 0.2) is 11.5 Å². The molecule has 0 spiro atoms. The molecule has 1 aromatic heterocycles. The standard InChI is InChI=1S/C20H23N3O4/c24-19(22-15-4-5-16-17(13-15)27-12-11-26-16)14-23-9-6-20(25,7-10-23)18-3-1-2-8-21-18/h1-5,8,13,25H,6-7,9-12,14H2,(H,22,24). The molecule has 0 aliphatic carbocycles. The Balaban J connectivity index is 1.31. The lowest BCUT2D eigenvalue weighted by Crippen LogP contribution is -2.45. The number of hydrogen-bond donors (Lipinski definition) is 2. The van der Waals surface area contributed by atoms with Crippen LogP contribution in [0, 0.1) is 0 Å². The van der Waals surface area contributed by atoms with Crippen molar-refractivity contribution in [1.29, 1.82) is 0 Å². The second-order valence-electron chi connectivity index (χ2n) is 6.93. The van der Waals surface area contributed by atoms with Crippen LogP contribution < -0.4 is 14.8 Å². The highest BCUT2D eigenvalue weighted by Gasteiger charge is 2.35. The molecule has 2 aromatic rings. The number of benzene rings is 1. The van der Waals surface area contributed by atoms with Crippen molar-refractivity contribution in [2.24, 2.45) is 0 Å². The molecule has 4 rings (SSSR count). The van der Waals surface area contributed by atoms with Gasteiger partial charge in [-0.15, -0.1) is 0 Å². The summed E-state index contributed by atoms with van der Waals surface area (Å²) in [6.07, 6.45) is 2.81. The molecule has 1 fully saturated rings. The van der Waals surface area contributed by atoms with Crippen molar-refractivity contribution in [3.8, 4) is 11.5 Å². The number of rotatable bonds is 4. The number of nitrogens with zero attached hydrogens (tertiary/aromatic N) is 2. The second-order valence-corrected chi connectivity index (χ2v) is 6.93. The summed E-state index contributed by atoms with van der Waals surface area (Å²) < 4.78 is 11.0. The van der Waals surface area contributed by atoms with Gasteiger partial charge >= 0.3 is 0 Å². The van der Waals surface area contributed by atoms with Crippen LogP contribution in [0.5, 0.6) is 11.5 Å². The van der Waals surface area contributed by atoms with Crippen molar-refractivity contribution in [2.45, 2.75) is 18.4 Å². The summed E-state index contributed by atoms with van der Waals surface area (Å²) in [7, 11) is 0. The third kappa shape index (κ3) is 4.04. The fourth-order valence-corrected chi connectivity index (χ4v) is 3.50. The van der Waals surface area contributed by atoms with Crippen molar-refractivity contribution in [3.63, 3.8) is 0 Å². The summed E-state index contributed by atoms with van der Waals surface area (Å²) in [6, 6.07) is 11.0. The molecule has 0 atom stereocenters. The van der Waals surface area contributed by atoms with Gasteiger partial charge in [0, 0.05) is 31.0 Å². The molecule has 2 N–H and O–H groups in total. The van der Waals surface area contributed by atoms with E-state index in [1.54, 1.807) is 24.4 Å². The van der Waals surface area contributed by atoms with Gasteiger partial charge in [0.2, 0.25) is 5.91 Å². The molecule has 0 radical (unpaired) electrons. The summed E-state index contributed by atoms with van der Waals surface area (Å²) in [5.74, 6) is 1.26. The molecule has 0 saturated carbocycles. The number of aromatic nitrogens is 1. The van der Waals surface area contributed by atoms with Gasteiger partial charge in [-0.05, 0) is 37.1 Å². The molecule has 0 bridgehead atoms.